The van der Waals surface area contributed by atoms with Crippen molar-refractivity contribution in [3.63, 3.8) is 0 Å². The fourth-order valence-corrected chi connectivity index (χ4v) is 7.94. The van der Waals surface area contributed by atoms with Gasteiger partial charge in [-0.2, -0.15) is 0 Å². The maximum atomic E-state index is 12.3. The van der Waals surface area contributed by atoms with Crippen LogP contribution in [0, 0.1) is 11.3 Å². The number of fused-ring (bicyclic) bond motifs is 1. The fourth-order valence-electron chi connectivity index (χ4n) is 5.22. The van der Waals surface area contributed by atoms with Crippen molar-refractivity contribution in [1.82, 2.24) is 9.71 Å². The molecule has 4 nitrogen and oxygen atoms in total. The monoisotopic (exact) mass is 430 g/mol. The smallest absolute Gasteiger partial charge is 0.296 e. The van der Waals surface area contributed by atoms with E-state index in [4.69, 9.17) is 21.0 Å². The van der Waals surface area contributed by atoms with Crippen molar-refractivity contribution in [2.45, 2.75) is 42.8 Å². The third-order valence-corrected chi connectivity index (χ3v) is 9.49. The van der Waals surface area contributed by atoms with Gasteiger partial charge in [0.1, 0.15) is 5.01 Å². The van der Waals surface area contributed by atoms with Gasteiger partial charge in [-0.25, -0.2) is 4.98 Å². The first-order chi connectivity index (χ1) is 13.6. The highest BCUT2D eigenvalue weighted by Gasteiger charge is 2.73. The molecule has 4 saturated carbocycles. The van der Waals surface area contributed by atoms with Crippen LogP contribution in [0.2, 0.25) is 5.02 Å². The van der Waals surface area contributed by atoms with Crippen LogP contribution in [0.4, 0.5) is 0 Å². The average molecular weight is 431 g/mol. The number of aromatic nitrogens is 1. The Kier molecular flexibility index (Phi) is 3.72. The third-order valence-electron chi connectivity index (χ3n) is 6.55. The second-order valence-corrected chi connectivity index (χ2v) is 11.0. The normalized spacial score (nSPS) is 29.2. The zero-order valence-electron chi connectivity index (χ0n) is 15.1. The molecule has 1 aromatic carbocycles. The van der Waals surface area contributed by atoms with E-state index in [0.717, 1.165) is 16.5 Å². The first kappa shape index (κ1) is 17.4. The number of furan rings is 1. The van der Waals surface area contributed by atoms with Gasteiger partial charge in [-0.15, -0.1) is 11.3 Å². The fraction of sp³-hybridized carbons (Fsp3) is 0.429. The van der Waals surface area contributed by atoms with Crippen molar-refractivity contribution >= 4 is 51.0 Å². The van der Waals surface area contributed by atoms with E-state index in [1.807, 2.05) is 18.2 Å². The zero-order valence-corrected chi connectivity index (χ0v) is 17.5. The van der Waals surface area contributed by atoms with E-state index in [1.54, 1.807) is 35.4 Å². The van der Waals surface area contributed by atoms with E-state index >= 15 is 0 Å². The van der Waals surface area contributed by atoms with E-state index in [2.05, 4.69) is 4.72 Å². The molecule has 4 aliphatic carbocycles. The molecule has 1 amide bonds. The van der Waals surface area contributed by atoms with Crippen molar-refractivity contribution < 1.29 is 9.21 Å². The van der Waals surface area contributed by atoms with Crippen LogP contribution in [-0.2, 0) is 5.41 Å². The Hall–Kier alpha value is -1.50. The largest absolute Gasteiger partial charge is 0.459 e. The van der Waals surface area contributed by atoms with E-state index in [0.29, 0.717) is 16.4 Å². The molecule has 2 aromatic heterocycles. The number of halogens is 1. The standard InChI is InChI=1S/C21H19ClN2O2S2/c22-13-5-6-14-16(8-13)27-19(23-14)21-9-20(10-21,11-21)17(12-3-4-12)28-24-18(25)15-2-1-7-26-15/h1-2,5-8,12,17H,3-4,9-11H2,(H,24,25). The van der Waals surface area contributed by atoms with Gasteiger partial charge < -0.3 is 4.42 Å². The molecule has 28 heavy (non-hydrogen) atoms. The van der Waals surface area contributed by atoms with Crippen LogP contribution in [0.5, 0.6) is 0 Å². The van der Waals surface area contributed by atoms with Crippen molar-refractivity contribution in [1.29, 1.82) is 0 Å². The van der Waals surface area contributed by atoms with Crippen LogP contribution in [0.15, 0.2) is 41.0 Å². The Labute approximate surface area is 176 Å². The SMILES string of the molecule is O=C(NSC(C1CC1)C12CC(c3nc4ccc(Cl)cc4s3)(C1)C2)c1ccco1. The number of hydrogen-bond donors (Lipinski definition) is 1. The lowest BCUT2D eigenvalue weighted by Crippen LogP contribution is -2.69. The summed E-state index contributed by atoms with van der Waals surface area (Å²) in [6.45, 7) is 0. The summed E-state index contributed by atoms with van der Waals surface area (Å²) in [7, 11) is 0. The van der Waals surface area contributed by atoms with Gasteiger partial charge in [0.25, 0.3) is 5.91 Å². The minimum Gasteiger partial charge on any atom is -0.459 e. The topological polar surface area (TPSA) is 55.1 Å². The predicted octanol–water partition coefficient (Wildman–Crippen LogP) is 5.82. The average Bonchev–Trinajstić information content (AvgIpc) is 3.14. The number of thiazole rings is 1. The maximum Gasteiger partial charge on any atom is 0.296 e. The van der Waals surface area contributed by atoms with Crippen LogP contribution in [0.25, 0.3) is 10.2 Å². The molecule has 1 unspecified atom stereocenters. The van der Waals surface area contributed by atoms with Crippen LogP contribution in [0.1, 0.15) is 47.7 Å². The molecule has 1 N–H and O–H groups in total. The van der Waals surface area contributed by atoms with Crippen molar-refractivity contribution in [3.05, 3.63) is 52.4 Å². The van der Waals surface area contributed by atoms with Gasteiger partial charge in [0, 0.05) is 15.7 Å². The lowest BCUT2D eigenvalue weighted by atomic mass is 9.34. The molecule has 0 spiro atoms. The number of benzene rings is 1. The van der Waals surface area contributed by atoms with Gasteiger partial charge in [0.05, 0.1) is 16.5 Å². The second-order valence-electron chi connectivity index (χ2n) is 8.59. The number of carbonyl (C=O) groups excluding carboxylic acids is 1. The zero-order chi connectivity index (χ0) is 18.9. The molecule has 4 fully saturated rings. The number of hydrogen-bond acceptors (Lipinski definition) is 5. The Morgan fingerprint density at radius 1 is 1.32 bits per heavy atom. The predicted molar refractivity (Wildman–Crippen MR) is 113 cm³/mol. The molecule has 2 heterocycles. The molecule has 0 radical (unpaired) electrons. The highest BCUT2D eigenvalue weighted by molar-refractivity contribution is 7.98. The van der Waals surface area contributed by atoms with Crippen molar-refractivity contribution in [2.75, 3.05) is 0 Å². The molecule has 1 atom stereocenters. The first-order valence-corrected chi connectivity index (χ1v) is 11.7. The summed E-state index contributed by atoms with van der Waals surface area (Å²) < 4.78 is 9.43. The molecule has 2 bridgehead atoms. The molecule has 4 aliphatic rings. The van der Waals surface area contributed by atoms with Crippen molar-refractivity contribution in [2.24, 2.45) is 11.3 Å². The summed E-state index contributed by atoms with van der Waals surface area (Å²) in [5, 5.41) is 2.54. The van der Waals surface area contributed by atoms with Crippen LogP contribution < -0.4 is 4.72 Å². The molecule has 7 heteroatoms. The van der Waals surface area contributed by atoms with E-state index in [1.165, 1.54) is 48.1 Å². The summed E-state index contributed by atoms with van der Waals surface area (Å²) in [5.74, 6) is 0.976. The molecular formula is C21H19ClN2O2S2. The lowest BCUT2D eigenvalue weighted by Gasteiger charge is -2.72. The molecule has 0 aliphatic heterocycles. The van der Waals surface area contributed by atoms with E-state index < -0.39 is 0 Å². The van der Waals surface area contributed by atoms with E-state index in [-0.39, 0.29) is 11.3 Å². The molecule has 144 valence electrons. The quantitative estimate of drug-likeness (QED) is 0.500. The van der Waals surface area contributed by atoms with E-state index in [9.17, 15) is 4.79 Å². The van der Waals surface area contributed by atoms with Crippen LogP contribution in [-0.4, -0.2) is 16.1 Å². The molecule has 7 rings (SSSR count). The molecule has 3 aromatic rings. The summed E-state index contributed by atoms with van der Waals surface area (Å²) in [6.07, 6.45) is 7.68. The Morgan fingerprint density at radius 3 is 2.86 bits per heavy atom. The van der Waals surface area contributed by atoms with Crippen LogP contribution in [0.3, 0.4) is 0 Å². The summed E-state index contributed by atoms with van der Waals surface area (Å²) >= 11 is 9.56. The van der Waals surface area contributed by atoms with Gasteiger partial charge in [-0.05, 0) is 85.7 Å². The third kappa shape index (κ3) is 2.57. The molecular weight excluding hydrogens is 412 g/mol. The van der Waals surface area contributed by atoms with Gasteiger partial charge in [-0.1, -0.05) is 11.6 Å². The first-order valence-electron chi connectivity index (χ1n) is 9.63. The van der Waals surface area contributed by atoms with Crippen LogP contribution >= 0.6 is 34.9 Å². The summed E-state index contributed by atoms with van der Waals surface area (Å²) in [4.78, 5) is 17.2. The summed E-state index contributed by atoms with van der Waals surface area (Å²) in [5.41, 5.74) is 1.68. The molecule has 0 saturated heterocycles. The van der Waals surface area contributed by atoms with Gasteiger partial charge in [0.15, 0.2) is 5.76 Å². The van der Waals surface area contributed by atoms with Gasteiger partial charge >= 0.3 is 0 Å². The number of nitrogens with one attached hydrogen (secondary N) is 1. The number of rotatable bonds is 6. The maximum absolute atomic E-state index is 12.3. The van der Waals surface area contributed by atoms with Crippen molar-refractivity contribution in [3.8, 4) is 0 Å². The Bertz CT molecular complexity index is 1050. The summed E-state index contributed by atoms with van der Waals surface area (Å²) in [6, 6.07) is 9.40. The lowest BCUT2D eigenvalue weighted by molar-refractivity contribution is -0.144. The van der Waals surface area contributed by atoms with Gasteiger partial charge in [0.2, 0.25) is 0 Å². The minimum absolute atomic E-state index is 0.134. The highest BCUT2D eigenvalue weighted by atomic mass is 35.5. The second kappa shape index (κ2) is 6.00. The highest BCUT2D eigenvalue weighted by Crippen LogP contribution is 2.78. The Morgan fingerprint density at radius 2 is 2.14 bits per heavy atom. The minimum atomic E-state index is -0.134. The number of nitrogens with zero attached hydrogens (tertiary/aromatic N) is 1. The Balaban J connectivity index is 1.17. The number of amides is 1. The number of carbonyl (C=O) groups is 1. The van der Waals surface area contributed by atoms with Gasteiger partial charge in [-0.3, -0.25) is 9.52 Å².